The topological polar surface area (TPSA) is 123 Å². The Balaban J connectivity index is 2.08. The first kappa shape index (κ1) is 14.4. The van der Waals surface area contributed by atoms with E-state index >= 15 is 0 Å². The van der Waals surface area contributed by atoms with Crippen LogP contribution in [0.3, 0.4) is 0 Å². The number of hydrogen-bond acceptors (Lipinski definition) is 7. The third kappa shape index (κ3) is 3.49. The van der Waals surface area contributed by atoms with E-state index in [1.165, 1.54) is 13.2 Å². The Bertz CT molecular complexity index is 690. The first-order chi connectivity index (χ1) is 10.2. The number of nitriles is 1. The van der Waals surface area contributed by atoms with Gasteiger partial charge in [-0.05, 0) is 12.1 Å². The average Bonchev–Trinajstić information content (AvgIpc) is 3.00. The summed E-state index contributed by atoms with van der Waals surface area (Å²) in [5.41, 5.74) is 2.41. The molecule has 0 saturated heterocycles. The van der Waals surface area contributed by atoms with E-state index in [4.69, 9.17) is 25.1 Å². The molecule has 2 rings (SSSR count). The van der Waals surface area contributed by atoms with Crippen molar-refractivity contribution in [1.29, 1.82) is 5.26 Å². The molecule has 0 aliphatic rings. The molecule has 0 atom stereocenters. The van der Waals surface area contributed by atoms with E-state index in [1.807, 2.05) is 11.5 Å². The van der Waals surface area contributed by atoms with Crippen molar-refractivity contribution in [2.75, 3.05) is 7.11 Å². The maximum atomic E-state index is 11.2. The van der Waals surface area contributed by atoms with Gasteiger partial charge in [0.25, 0.3) is 5.91 Å². The minimum absolute atomic E-state index is 0.0445. The van der Waals surface area contributed by atoms with Gasteiger partial charge in [-0.15, -0.1) is 0 Å². The average molecular weight is 288 g/mol. The van der Waals surface area contributed by atoms with Crippen molar-refractivity contribution >= 4 is 5.91 Å². The summed E-state index contributed by atoms with van der Waals surface area (Å²) in [5, 5.41) is 12.5. The molecule has 2 aromatic rings. The van der Waals surface area contributed by atoms with Crippen molar-refractivity contribution in [1.82, 2.24) is 10.6 Å². The first-order valence-electron chi connectivity index (χ1n) is 5.84. The monoisotopic (exact) mass is 288 g/mol. The lowest BCUT2D eigenvalue weighted by molar-refractivity contribution is 0.0944. The molecule has 0 aliphatic heterocycles. The van der Waals surface area contributed by atoms with Gasteiger partial charge in [0.15, 0.2) is 11.5 Å². The summed E-state index contributed by atoms with van der Waals surface area (Å²) in [6, 6.07) is 8.19. The van der Waals surface area contributed by atoms with Crippen LogP contribution in [0.25, 0.3) is 0 Å². The molecule has 1 heterocycles. The minimum atomic E-state index is -0.557. The highest BCUT2D eigenvalue weighted by Gasteiger charge is 2.11. The van der Waals surface area contributed by atoms with E-state index in [1.54, 1.807) is 18.2 Å². The Hall–Kier alpha value is -3.05. The smallest absolute Gasteiger partial charge is 0.287 e. The van der Waals surface area contributed by atoms with Gasteiger partial charge in [0.05, 0.1) is 18.7 Å². The molecule has 0 spiro atoms. The number of nitrogens with zero attached hydrogens (tertiary/aromatic N) is 2. The van der Waals surface area contributed by atoms with E-state index < -0.39 is 5.91 Å². The van der Waals surface area contributed by atoms with Gasteiger partial charge in [-0.25, -0.2) is 5.84 Å². The number of carbonyl (C=O) groups excluding carboxylic acids is 1. The number of aromatic nitrogens is 1. The number of hydrazine groups is 1. The Labute approximate surface area is 120 Å². The fourth-order valence-corrected chi connectivity index (χ4v) is 1.55. The van der Waals surface area contributed by atoms with Crippen molar-refractivity contribution < 1.29 is 18.8 Å². The Morgan fingerprint density at radius 3 is 2.86 bits per heavy atom. The number of rotatable bonds is 5. The van der Waals surface area contributed by atoms with E-state index in [9.17, 15) is 4.79 Å². The maximum absolute atomic E-state index is 11.2. The molecule has 0 unspecified atom stereocenters. The zero-order valence-electron chi connectivity index (χ0n) is 11.1. The maximum Gasteiger partial charge on any atom is 0.287 e. The van der Waals surface area contributed by atoms with Crippen LogP contribution in [0.1, 0.15) is 21.8 Å². The van der Waals surface area contributed by atoms with Crippen LogP contribution in [0.15, 0.2) is 28.8 Å². The third-order valence-corrected chi connectivity index (χ3v) is 2.55. The number of nitrogen functional groups attached to an aromatic ring is 1. The van der Waals surface area contributed by atoms with Crippen molar-refractivity contribution in [3.8, 4) is 17.6 Å². The van der Waals surface area contributed by atoms with Crippen molar-refractivity contribution in [3.63, 3.8) is 0 Å². The predicted octanol–water partition coefficient (Wildman–Crippen LogP) is 0.737. The lowest BCUT2D eigenvalue weighted by Gasteiger charge is -2.06. The van der Waals surface area contributed by atoms with Gasteiger partial charge < -0.3 is 14.0 Å². The summed E-state index contributed by atoms with van der Waals surface area (Å²) < 4.78 is 15.5. The van der Waals surface area contributed by atoms with Crippen LogP contribution in [-0.2, 0) is 6.61 Å². The third-order valence-electron chi connectivity index (χ3n) is 2.55. The molecule has 1 aromatic heterocycles. The molecular weight excluding hydrogens is 276 g/mol. The van der Waals surface area contributed by atoms with Crippen LogP contribution in [0.5, 0.6) is 11.5 Å². The summed E-state index contributed by atoms with van der Waals surface area (Å²) >= 11 is 0. The number of benzene rings is 1. The summed E-state index contributed by atoms with van der Waals surface area (Å²) in [5.74, 6) is 5.71. The molecule has 21 heavy (non-hydrogen) atoms. The lowest BCUT2D eigenvalue weighted by Crippen LogP contribution is -2.30. The second-order valence-corrected chi connectivity index (χ2v) is 3.95. The summed E-state index contributed by atoms with van der Waals surface area (Å²) in [7, 11) is 1.49. The van der Waals surface area contributed by atoms with Gasteiger partial charge in [-0.3, -0.25) is 10.2 Å². The second kappa shape index (κ2) is 6.40. The number of carbonyl (C=O) groups is 1. The fraction of sp³-hybridized carbons (Fsp3) is 0.154. The van der Waals surface area contributed by atoms with E-state index in [0.29, 0.717) is 22.8 Å². The van der Waals surface area contributed by atoms with E-state index in [0.717, 1.165) is 0 Å². The number of methoxy groups -OCH3 is 1. The molecule has 108 valence electrons. The largest absolute Gasteiger partial charge is 0.497 e. The molecule has 0 fully saturated rings. The van der Waals surface area contributed by atoms with Crippen molar-refractivity contribution in [3.05, 3.63) is 41.3 Å². The first-order valence-corrected chi connectivity index (χ1v) is 5.84. The highest BCUT2D eigenvalue weighted by molar-refractivity contribution is 5.91. The van der Waals surface area contributed by atoms with Gasteiger partial charge >= 0.3 is 0 Å². The van der Waals surface area contributed by atoms with Crippen molar-refractivity contribution in [2.24, 2.45) is 5.84 Å². The fourth-order valence-electron chi connectivity index (χ4n) is 1.55. The molecule has 8 nitrogen and oxygen atoms in total. The number of ether oxygens (including phenoxy) is 2. The Kier molecular flexibility index (Phi) is 4.38. The molecule has 8 heteroatoms. The van der Waals surface area contributed by atoms with Crippen LogP contribution in [-0.4, -0.2) is 18.2 Å². The number of hydrogen-bond donors (Lipinski definition) is 2. The van der Waals surface area contributed by atoms with E-state index in [-0.39, 0.29) is 12.3 Å². The quantitative estimate of drug-likeness (QED) is 0.472. The predicted molar refractivity (Wildman–Crippen MR) is 70.2 cm³/mol. The van der Waals surface area contributed by atoms with Crippen LogP contribution in [0.4, 0.5) is 0 Å². The Morgan fingerprint density at radius 2 is 2.19 bits per heavy atom. The molecule has 0 aliphatic carbocycles. The van der Waals surface area contributed by atoms with Crippen LogP contribution < -0.4 is 20.7 Å². The molecule has 1 amide bonds. The van der Waals surface area contributed by atoms with Gasteiger partial charge in [-0.2, -0.15) is 5.26 Å². The highest BCUT2D eigenvalue weighted by Crippen LogP contribution is 2.23. The SMILES string of the molecule is COc1cc(C#N)cc(OCc2cc(C(=O)NN)no2)c1. The summed E-state index contributed by atoms with van der Waals surface area (Å²) in [4.78, 5) is 11.2. The van der Waals surface area contributed by atoms with Crippen molar-refractivity contribution in [2.45, 2.75) is 6.61 Å². The zero-order valence-corrected chi connectivity index (χ0v) is 11.1. The van der Waals surface area contributed by atoms with Crippen LogP contribution in [0, 0.1) is 11.3 Å². The molecule has 3 N–H and O–H groups in total. The van der Waals surface area contributed by atoms with Gasteiger partial charge in [-0.1, -0.05) is 5.16 Å². The van der Waals surface area contributed by atoms with E-state index in [2.05, 4.69) is 5.16 Å². The molecule has 0 bridgehead atoms. The standard InChI is InChI=1S/C13H12N4O4/c1-19-9-2-8(6-14)3-10(4-9)20-7-11-5-12(17-21-11)13(18)16-15/h2-5H,7,15H2,1H3,(H,16,18). The normalized spacial score (nSPS) is 9.76. The van der Waals surface area contributed by atoms with Gasteiger partial charge in [0, 0.05) is 12.1 Å². The molecule has 1 aromatic carbocycles. The molecular formula is C13H12N4O4. The Morgan fingerprint density at radius 1 is 1.43 bits per heavy atom. The number of nitrogens with one attached hydrogen (secondary N) is 1. The number of amides is 1. The molecule has 0 radical (unpaired) electrons. The van der Waals surface area contributed by atoms with Crippen LogP contribution in [0.2, 0.25) is 0 Å². The summed E-state index contributed by atoms with van der Waals surface area (Å²) in [6.07, 6.45) is 0. The second-order valence-electron chi connectivity index (χ2n) is 3.95. The number of nitrogens with two attached hydrogens (primary N) is 1. The zero-order chi connectivity index (χ0) is 15.2. The molecule has 0 saturated carbocycles. The lowest BCUT2D eigenvalue weighted by atomic mass is 10.2. The van der Waals surface area contributed by atoms with Crippen LogP contribution >= 0.6 is 0 Å². The summed E-state index contributed by atoms with van der Waals surface area (Å²) in [6.45, 7) is 0.0445. The van der Waals surface area contributed by atoms with Gasteiger partial charge in [0.2, 0.25) is 0 Å². The van der Waals surface area contributed by atoms with Gasteiger partial charge in [0.1, 0.15) is 18.1 Å². The minimum Gasteiger partial charge on any atom is -0.497 e. The highest BCUT2D eigenvalue weighted by atomic mass is 16.5.